The molecule has 1 rings (SSSR count). The molecule has 0 spiro atoms. The van der Waals surface area contributed by atoms with Crippen molar-refractivity contribution in [2.45, 2.75) is 32.2 Å². The van der Waals surface area contributed by atoms with Gasteiger partial charge in [-0.25, -0.2) is 9.13 Å². The van der Waals surface area contributed by atoms with Crippen LogP contribution in [-0.2, 0) is 18.2 Å². The molecule has 16 heavy (non-hydrogen) atoms. The predicted molar refractivity (Wildman–Crippen MR) is 61.0 cm³/mol. The van der Waals surface area contributed by atoms with Crippen molar-refractivity contribution in [3.05, 3.63) is 18.7 Å². The number of hydrogen-bond acceptors (Lipinski definition) is 1. The molecule has 0 radical (unpaired) electrons. The van der Waals surface area contributed by atoms with Gasteiger partial charge in [0.1, 0.15) is 12.4 Å². The van der Waals surface area contributed by atoms with Crippen LogP contribution in [-0.4, -0.2) is 20.5 Å². The van der Waals surface area contributed by atoms with Gasteiger partial charge < -0.3 is 9.79 Å². The van der Waals surface area contributed by atoms with Crippen LogP contribution in [0, 0.1) is 0 Å². The zero-order valence-corrected chi connectivity index (χ0v) is 10.5. The molecule has 0 amide bonds. The Bertz CT molecular complexity index is 359. The van der Waals surface area contributed by atoms with E-state index in [0.717, 1.165) is 25.8 Å². The van der Waals surface area contributed by atoms with Gasteiger partial charge in [-0.1, -0.05) is 6.42 Å². The van der Waals surface area contributed by atoms with E-state index in [1.807, 2.05) is 30.3 Å². The summed E-state index contributed by atoms with van der Waals surface area (Å²) in [5.41, 5.74) is 0. The van der Waals surface area contributed by atoms with E-state index in [-0.39, 0.29) is 6.16 Å². The maximum atomic E-state index is 10.6. The number of imidazole rings is 1. The molecule has 1 aromatic heterocycles. The summed E-state index contributed by atoms with van der Waals surface area (Å²) < 4.78 is 14.7. The molecule has 0 aliphatic rings. The third-order valence-electron chi connectivity index (χ3n) is 2.44. The standard InChI is InChI=1S/C10H19N2O3P/c1-11-7-8-12(10-11)6-4-2-3-5-9-16(13,14)15/h7-8,10H,2-6,9H2,1H3,(H-,13,14,15)/p+1. The van der Waals surface area contributed by atoms with E-state index in [1.165, 1.54) is 0 Å². The Labute approximate surface area is 95.9 Å². The van der Waals surface area contributed by atoms with Gasteiger partial charge in [0.05, 0.1) is 13.6 Å². The molecule has 0 bridgehead atoms. The van der Waals surface area contributed by atoms with Crippen molar-refractivity contribution >= 4 is 7.60 Å². The third kappa shape index (κ3) is 6.05. The minimum absolute atomic E-state index is 0.0193. The molecule has 1 aromatic rings. The monoisotopic (exact) mass is 247 g/mol. The lowest BCUT2D eigenvalue weighted by molar-refractivity contribution is -0.671. The lowest BCUT2D eigenvalue weighted by atomic mass is 10.2. The van der Waals surface area contributed by atoms with Crippen LogP contribution in [0.3, 0.4) is 0 Å². The maximum absolute atomic E-state index is 10.6. The molecule has 0 fully saturated rings. The van der Waals surface area contributed by atoms with Gasteiger partial charge in [-0.05, 0) is 19.3 Å². The first-order valence-corrected chi connectivity index (χ1v) is 7.33. The molecule has 0 saturated carbocycles. The van der Waals surface area contributed by atoms with E-state index in [4.69, 9.17) is 9.79 Å². The Hall–Kier alpha value is -0.640. The zero-order chi connectivity index (χ0) is 12.0. The van der Waals surface area contributed by atoms with Crippen LogP contribution in [0.1, 0.15) is 25.7 Å². The third-order valence-corrected chi connectivity index (χ3v) is 3.34. The quantitative estimate of drug-likeness (QED) is 0.430. The summed E-state index contributed by atoms with van der Waals surface area (Å²) in [6, 6.07) is 0. The second kappa shape index (κ2) is 6.18. The highest BCUT2D eigenvalue weighted by atomic mass is 31.2. The molecule has 92 valence electrons. The van der Waals surface area contributed by atoms with Crippen molar-refractivity contribution in [2.75, 3.05) is 6.16 Å². The lowest BCUT2D eigenvalue weighted by Gasteiger charge is -2.02. The highest BCUT2D eigenvalue weighted by Crippen LogP contribution is 2.35. The smallest absolute Gasteiger partial charge is 0.324 e. The summed E-state index contributed by atoms with van der Waals surface area (Å²) in [4.78, 5) is 17.3. The number of nitrogens with zero attached hydrogens (tertiary/aromatic N) is 2. The minimum Gasteiger partial charge on any atom is -0.324 e. The Kier molecular flexibility index (Phi) is 5.19. The molecule has 0 saturated heterocycles. The van der Waals surface area contributed by atoms with E-state index in [0.29, 0.717) is 6.42 Å². The van der Waals surface area contributed by atoms with Crippen LogP contribution < -0.4 is 4.57 Å². The summed E-state index contributed by atoms with van der Waals surface area (Å²) in [6.45, 7) is 0.969. The highest BCUT2D eigenvalue weighted by molar-refractivity contribution is 7.51. The normalized spacial score (nSPS) is 11.9. The summed E-state index contributed by atoms with van der Waals surface area (Å²) in [7, 11) is -1.79. The van der Waals surface area contributed by atoms with Gasteiger partial charge in [-0.15, -0.1) is 0 Å². The van der Waals surface area contributed by atoms with Crippen molar-refractivity contribution in [1.29, 1.82) is 0 Å². The van der Waals surface area contributed by atoms with Gasteiger partial charge in [0, 0.05) is 6.16 Å². The van der Waals surface area contributed by atoms with E-state index in [2.05, 4.69) is 4.57 Å². The lowest BCUT2D eigenvalue weighted by Crippen LogP contribution is -2.23. The first-order valence-electron chi connectivity index (χ1n) is 5.53. The van der Waals surface area contributed by atoms with Crippen LogP contribution in [0.4, 0.5) is 0 Å². The number of rotatable bonds is 7. The van der Waals surface area contributed by atoms with Crippen LogP contribution >= 0.6 is 7.60 Å². The average Bonchev–Trinajstić information content (AvgIpc) is 2.56. The Morgan fingerprint density at radius 2 is 1.94 bits per heavy atom. The molecule has 5 nitrogen and oxygen atoms in total. The fourth-order valence-corrected chi connectivity index (χ4v) is 2.24. The molecule has 0 aliphatic heterocycles. The number of hydrogen-bond donors (Lipinski definition) is 2. The highest BCUT2D eigenvalue weighted by Gasteiger charge is 2.11. The number of aryl methyl sites for hydroxylation is 2. The van der Waals surface area contributed by atoms with Gasteiger partial charge in [-0.3, -0.25) is 4.57 Å². The summed E-state index contributed by atoms with van der Waals surface area (Å²) >= 11 is 0. The van der Waals surface area contributed by atoms with Crippen LogP contribution in [0.5, 0.6) is 0 Å². The minimum atomic E-state index is -3.78. The molecular formula is C10H20N2O3P+. The van der Waals surface area contributed by atoms with Crippen molar-refractivity contribution in [2.24, 2.45) is 7.05 Å². The van der Waals surface area contributed by atoms with Crippen LogP contribution in [0.2, 0.25) is 0 Å². The van der Waals surface area contributed by atoms with Gasteiger partial charge in [0.15, 0.2) is 0 Å². The van der Waals surface area contributed by atoms with Crippen molar-refractivity contribution in [3.63, 3.8) is 0 Å². The predicted octanol–water partition coefficient (Wildman–Crippen LogP) is 1.05. The van der Waals surface area contributed by atoms with E-state index < -0.39 is 7.60 Å². The first-order chi connectivity index (χ1) is 7.47. The van der Waals surface area contributed by atoms with Crippen molar-refractivity contribution in [1.82, 2.24) is 4.57 Å². The van der Waals surface area contributed by atoms with E-state index in [9.17, 15) is 4.57 Å². The summed E-state index contributed by atoms with van der Waals surface area (Å²) in [5, 5.41) is 0. The zero-order valence-electron chi connectivity index (χ0n) is 9.62. The molecule has 0 atom stereocenters. The fourth-order valence-electron chi connectivity index (χ4n) is 1.60. The first kappa shape index (κ1) is 13.4. The van der Waals surface area contributed by atoms with Crippen LogP contribution in [0.15, 0.2) is 18.7 Å². The summed E-state index contributed by atoms with van der Waals surface area (Å²) in [5.74, 6) is 0. The van der Waals surface area contributed by atoms with Gasteiger partial charge in [0.25, 0.3) is 0 Å². The van der Waals surface area contributed by atoms with E-state index >= 15 is 0 Å². The fraction of sp³-hybridized carbons (Fsp3) is 0.700. The molecule has 0 aromatic carbocycles. The Balaban J connectivity index is 2.02. The van der Waals surface area contributed by atoms with E-state index in [1.54, 1.807) is 0 Å². The Morgan fingerprint density at radius 3 is 2.50 bits per heavy atom. The van der Waals surface area contributed by atoms with Gasteiger partial charge in [0.2, 0.25) is 6.33 Å². The molecule has 2 N–H and O–H groups in total. The second-order valence-electron chi connectivity index (χ2n) is 4.12. The van der Waals surface area contributed by atoms with Gasteiger partial charge >= 0.3 is 7.60 Å². The number of unbranched alkanes of at least 4 members (excludes halogenated alkanes) is 3. The number of aromatic nitrogens is 2. The van der Waals surface area contributed by atoms with Crippen LogP contribution in [0.25, 0.3) is 0 Å². The largest absolute Gasteiger partial charge is 0.325 e. The SMILES string of the molecule is C[n+]1ccn(CCCCCCP(=O)(O)O)c1. The molecular weight excluding hydrogens is 227 g/mol. The molecule has 0 unspecified atom stereocenters. The Morgan fingerprint density at radius 1 is 1.25 bits per heavy atom. The molecule has 6 heteroatoms. The maximum Gasteiger partial charge on any atom is 0.325 e. The summed E-state index contributed by atoms with van der Waals surface area (Å²) in [6.07, 6.45) is 9.63. The second-order valence-corrected chi connectivity index (χ2v) is 5.90. The van der Waals surface area contributed by atoms with Crippen molar-refractivity contribution in [3.8, 4) is 0 Å². The van der Waals surface area contributed by atoms with Gasteiger partial charge in [-0.2, -0.15) is 0 Å². The topological polar surface area (TPSA) is 66.3 Å². The van der Waals surface area contributed by atoms with Crippen molar-refractivity contribution < 1.29 is 18.9 Å². The average molecular weight is 247 g/mol. The molecule has 1 heterocycles. The molecule has 0 aliphatic carbocycles.